The van der Waals surface area contributed by atoms with E-state index in [1.165, 1.54) is 12.1 Å². The zero-order valence-corrected chi connectivity index (χ0v) is 14.5. The molecule has 1 N–H and O–H groups in total. The third-order valence-electron chi connectivity index (χ3n) is 3.23. The Morgan fingerprint density at radius 2 is 2.14 bits per heavy atom. The van der Waals surface area contributed by atoms with Gasteiger partial charge in [-0.3, -0.25) is 4.68 Å². The number of halogens is 3. The SMILES string of the molecule is CCNC(c1cc(F)ccc1Br)c1c(Cl)cnn1C(C)C. The van der Waals surface area contributed by atoms with Crippen LogP contribution in [-0.2, 0) is 0 Å². The Kier molecular flexibility index (Phi) is 5.41. The third kappa shape index (κ3) is 3.47. The molecular weight excluding hydrogens is 357 g/mol. The molecule has 0 spiro atoms. The van der Waals surface area contributed by atoms with E-state index < -0.39 is 0 Å². The number of hydrogen-bond donors (Lipinski definition) is 1. The molecule has 2 aromatic rings. The van der Waals surface area contributed by atoms with Crippen LogP contribution in [0.4, 0.5) is 4.39 Å². The van der Waals surface area contributed by atoms with Gasteiger partial charge in [-0.05, 0) is 44.2 Å². The molecule has 2 rings (SSSR count). The second-order valence-corrected chi connectivity index (χ2v) is 6.33. The Bertz CT molecular complexity index is 627. The van der Waals surface area contributed by atoms with E-state index in [0.717, 1.165) is 22.3 Å². The van der Waals surface area contributed by atoms with Crippen molar-refractivity contribution < 1.29 is 4.39 Å². The van der Waals surface area contributed by atoms with E-state index in [1.54, 1.807) is 12.3 Å². The topological polar surface area (TPSA) is 29.9 Å². The number of hydrogen-bond acceptors (Lipinski definition) is 2. The fraction of sp³-hybridized carbons (Fsp3) is 0.400. The van der Waals surface area contributed by atoms with Gasteiger partial charge in [0.1, 0.15) is 5.82 Å². The van der Waals surface area contributed by atoms with Crippen molar-refractivity contribution in [2.45, 2.75) is 32.9 Å². The zero-order valence-electron chi connectivity index (χ0n) is 12.2. The number of nitrogens with zero attached hydrogens (tertiary/aromatic N) is 2. The molecule has 0 aliphatic rings. The number of rotatable bonds is 5. The van der Waals surface area contributed by atoms with Crippen molar-refractivity contribution in [1.29, 1.82) is 0 Å². The fourth-order valence-corrected chi connectivity index (χ4v) is 3.04. The molecule has 0 bridgehead atoms. The van der Waals surface area contributed by atoms with Crippen LogP contribution in [0.15, 0.2) is 28.9 Å². The quantitative estimate of drug-likeness (QED) is 0.821. The first-order valence-electron chi connectivity index (χ1n) is 6.87. The Balaban J connectivity index is 2.59. The van der Waals surface area contributed by atoms with Crippen LogP contribution in [0, 0.1) is 5.82 Å². The van der Waals surface area contributed by atoms with Crippen molar-refractivity contribution in [2.24, 2.45) is 0 Å². The molecule has 0 fully saturated rings. The summed E-state index contributed by atoms with van der Waals surface area (Å²) in [6.07, 6.45) is 1.63. The second kappa shape index (κ2) is 6.90. The maximum absolute atomic E-state index is 13.6. The molecular formula is C15H18BrClFN3. The highest BCUT2D eigenvalue weighted by atomic mass is 79.9. The van der Waals surface area contributed by atoms with Crippen LogP contribution in [0.25, 0.3) is 0 Å². The molecule has 6 heteroatoms. The summed E-state index contributed by atoms with van der Waals surface area (Å²) in [6, 6.07) is 4.60. The first kappa shape index (κ1) is 16.5. The molecule has 0 aliphatic carbocycles. The van der Waals surface area contributed by atoms with Gasteiger partial charge in [0.15, 0.2) is 0 Å². The lowest BCUT2D eigenvalue weighted by atomic mass is 10.0. The Morgan fingerprint density at radius 3 is 2.76 bits per heavy atom. The highest BCUT2D eigenvalue weighted by Crippen LogP contribution is 2.34. The van der Waals surface area contributed by atoms with Crippen molar-refractivity contribution in [2.75, 3.05) is 6.54 Å². The summed E-state index contributed by atoms with van der Waals surface area (Å²) >= 11 is 9.82. The van der Waals surface area contributed by atoms with Crippen molar-refractivity contribution in [1.82, 2.24) is 15.1 Å². The van der Waals surface area contributed by atoms with Gasteiger partial charge in [0.05, 0.1) is 23.0 Å². The van der Waals surface area contributed by atoms with Crippen LogP contribution in [0.2, 0.25) is 5.02 Å². The lowest BCUT2D eigenvalue weighted by molar-refractivity contribution is 0.475. The van der Waals surface area contributed by atoms with Gasteiger partial charge in [-0.1, -0.05) is 34.5 Å². The number of aromatic nitrogens is 2. The maximum atomic E-state index is 13.6. The first-order valence-corrected chi connectivity index (χ1v) is 8.04. The molecule has 0 amide bonds. The third-order valence-corrected chi connectivity index (χ3v) is 4.24. The molecule has 0 saturated carbocycles. The average Bonchev–Trinajstić information content (AvgIpc) is 2.81. The summed E-state index contributed by atoms with van der Waals surface area (Å²) < 4.78 is 16.3. The van der Waals surface area contributed by atoms with E-state index in [1.807, 2.05) is 25.5 Å². The van der Waals surface area contributed by atoms with E-state index in [4.69, 9.17) is 11.6 Å². The summed E-state index contributed by atoms with van der Waals surface area (Å²) in [5.41, 5.74) is 1.65. The Hall–Kier alpha value is -0.910. The van der Waals surface area contributed by atoms with Crippen LogP contribution in [-0.4, -0.2) is 16.3 Å². The van der Waals surface area contributed by atoms with E-state index >= 15 is 0 Å². The van der Waals surface area contributed by atoms with E-state index in [9.17, 15) is 4.39 Å². The van der Waals surface area contributed by atoms with Gasteiger partial charge >= 0.3 is 0 Å². The van der Waals surface area contributed by atoms with Crippen LogP contribution < -0.4 is 5.32 Å². The molecule has 21 heavy (non-hydrogen) atoms. The summed E-state index contributed by atoms with van der Waals surface area (Å²) in [5.74, 6) is -0.275. The van der Waals surface area contributed by atoms with E-state index in [-0.39, 0.29) is 17.9 Å². The summed E-state index contributed by atoms with van der Waals surface area (Å²) in [7, 11) is 0. The first-order chi connectivity index (χ1) is 9.95. The molecule has 0 saturated heterocycles. The minimum atomic E-state index is -0.275. The van der Waals surface area contributed by atoms with Crippen molar-refractivity contribution in [3.05, 3.63) is 51.0 Å². The molecule has 3 nitrogen and oxygen atoms in total. The fourth-order valence-electron chi connectivity index (χ4n) is 2.33. The highest BCUT2D eigenvalue weighted by molar-refractivity contribution is 9.10. The summed E-state index contributed by atoms with van der Waals surface area (Å²) in [6.45, 7) is 6.81. The standard InChI is InChI=1S/C15H18BrClFN3/c1-4-19-14(11-7-10(18)5-6-12(11)16)15-13(17)8-20-21(15)9(2)3/h5-9,14,19H,4H2,1-3H3. The van der Waals surface area contributed by atoms with E-state index in [2.05, 4.69) is 26.3 Å². The van der Waals surface area contributed by atoms with Gasteiger partial charge in [0.25, 0.3) is 0 Å². The maximum Gasteiger partial charge on any atom is 0.123 e. The number of benzene rings is 1. The van der Waals surface area contributed by atoms with Crippen LogP contribution in [0.1, 0.15) is 44.1 Å². The minimum absolute atomic E-state index is 0.168. The summed E-state index contributed by atoms with van der Waals surface area (Å²) in [5, 5.41) is 8.27. The van der Waals surface area contributed by atoms with Gasteiger partial charge in [0.2, 0.25) is 0 Å². The minimum Gasteiger partial charge on any atom is -0.305 e. The molecule has 1 aromatic carbocycles. The lowest BCUT2D eigenvalue weighted by Gasteiger charge is -2.23. The molecule has 0 radical (unpaired) electrons. The Morgan fingerprint density at radius 1 is 1.43 bits per heavy atom. The molecule has 1 aromatic heterocycles. The van der Waals surface area contributed by atoms with Gasteiger partial charge in [0, 0.05) is 10.5 Å². The predicted octanol–water partition coefficient (Wildman–Crippen LogP) is 4.72. The number of nitrogens with one attached hydrogen (secondary N) is 1. The van der Waals surface area contributed by atoms with Crippen molar-refractivity contribution in [3.8, 4) is 0 Å². The second-order valence-electron chi connectivity index (χ2n) is 5.07. The van der Waals surface area contributed by atoms with Gasteiger partial charge < -0.3 is 5.32 Å². The molecule has 1 unspecified atom stereocenters. The van der Waals surface area contributed by atoms with Gasteiger partial charge in [-0.15, -0.1) is 0 Å². The van der Waals surface area contributed by atoms with Crippen molar-refractivity contribution in [3.63, 3.8) is 0 Å². The molecule has 0 aliphatic heterocycles. The lowest BCUT2D eigenvalue weighted by Crippen LogP contribution is -2.26. The molecule has 1 atom stereocenters. The average molecular weight is 375 g/mol. The van der Waals surface area contributed by atoms with E-state index in [0.29, 0.717) is 5.02 Å². The van der Waals surface area contributed by atoms with Crippen LogP contribution in [0.5, 0.6) is 0 Å². The smallest absolute Gasteiger partial charge is 0.123 e. The van der Waals surface area contributed by atoms with Gasteiger partial charge in [-0.2, -0.15) is 5.10 Å². The molecule has 1 heterocycles. The highest BCUT2D eigenvalue weighted by Gasteiger charge is 2.24. The monoisotopic (exact) mass is 373 g/mol. The van der Waals surface area contributed by atoms with Crippen LogP contribution in [0.3, 0.4) is 0 Å². The van der Waals surface area contributed by atoms with Crippen molar-refractivity contribution >= 4 is 27.5 Å². The normalized spacial score (nSPS) is 12.9. The Labute approximate surface area is 137 Å². The van der Waals surface area contributed by atoms with Gasteiger partial charge in [-0.25, -0.2) is 4.39 Å². The van der Waals surface area contributed by atoms with Crippen LogP contribution >= 0.6 is 27.5 Å². The predicted molar refractivity (Wildman–Crippen MR) is 87.2 cm³/mol. The molecule has 114 valence electrons. The summed E-state index contributed by atoms with van der Waals surface area (Å²) in [4.78, 5) is 0. The zero-order chi connectivity index (χ0) is 15.6. The largest absolute Gasteiger partial charge is 0.305 e.